The number of carboxylic acid groups (broad SMARTS) is 1. The van der Waals surface area contributed by atoms with E-state index >= 15 is 0 Å². The van der Waals surface area contributed by atoms with Crippen molar-refractivity contribution < 1.29 is 9.90 Å². The Kier molecular flexibility index (Phi) is 10.0. The van der Waals surface area contributed by atoms with Crippen LogP contribution in [0, 0.1) is 5.92 Å². The Bertz CT molecular complexity index is 609. The highest BCUT2D eigenvalue weighted by molar-refractivity contribution is 9.10. The van der Waals surface area contributed by atoms with Gasteiger partial charge in [0.25, 0.3) is 0 Å². The second kappa shape index (κ2) is 11.4. The third kappa shape index (κ3) is 7.30. The van der Waals surface area contributed by atoms with Crippen molar-refractivity contribution in [1.82, 2.24) is 4.90 Å². The van der Waals surface area contributed by atoms with E-state index in [0.717, 1.165) is 30.5 Å². The zero-order valence-electron chi connectivity index (χ0n) is 15.1. The Morgan fingerprint density at radius 3 is 2.76 bits per heavy atom. The molecule has 0 saturated carbocycles. The molecule has 0 bridgehead atoms. The lowest BCUT2D eigenvalue weighted by Gasteiger charge is -2.15. The van der Waals surface area contributed by atoms with Gasteiger partial charge in [-0.15, -0.1) is 24.5 Å². The Labute approximate surface area is 163 Å². The normalized spacial score (nSPS) is 21.3. The van der Waals surface area contributed by atoms with Crippen LogP contribution >= 0.6 is 27.3 Å². The second-order valence-corrected chi connectivity index (χ2v) is 8.03. The topological polar surface area (TPSA) is 40.5 Å². The molecule has 2 unspecified atom stereocenters. The lowest BCUT2D eigenvalue weighted by molar-refractivity contribution is -0.138. The van der Waals surface area contributed by atoms with Crippen molar-refractivity contribution in [3.8, 4) is 0 Å². The predicted molar refractivity (Wildman–Crippen MR) is 111 cm³/mol. The first-order valence-electron chi connectivity index (χ1n) is 8.50. The highest BCUT2D eigenvalue weighted by atomic mass is 79.9. The van der Waals surface area contributed by atoms with E-state index in [9.17, 15) is 9.90 Å². The molecular weight excluding hydrogens is 398 g/mol. The Morgan fingerprint density at radius 2 is 2.20 bits per heavy atom. The lowest BCUT2D eigenvalue weighted by Crippen LogP contribution is -2.23. The van der Waals surface area contributed by atoms with Crippen LogP contribution in [0.15, 0.2) is 52.9 Å². The average Bonchev–Trinajstić information content (AvgIpc) is 3.15. The van der Waals surface area contributed by atoms with Crippen LogP contribution in [-0.2, 0) is 4.79 Å². The van der Waals surface area contributed by atoms with Crippen molar-refractivity contribution in [1.29, 1.82) is 0 Å². The molecule has 2 heterocycles. The minimum absolute atomic E-state index is 0.192. The van der Waals surface area contributed by atoms with Crippen LogP contribution in [0.25, 0.3) is 0 Å². The summed E-state index contributed by atoms with van der Waals surface area (Å²) in [6.45, 7) is 13.0. The predicted octanol–water partition coefficient (Wildman–Crippen LogP) is 5.72. The maximum atomic E-state index is 11.2. The Morgan fingerprint density at radius 1 is 1.48 bits per heavy atom. The summed E-state index contributed by atoms with van der Waals surface area (Å²) in [5.41, 5.74) is 1.32. The number of carboxylic acids is 1. The largest absolute Gasteiger partial charge is 0.481 e. The van der Waals surface area contributed by atoms with Crippen LogP contribution in [0.5, 0.6) is 0 Å². The molecule has 0 spiro atoms. The number of halogens is 1. The summed E-state index contributed by atoms with van der Waals surface area (Å²) >= 11 is 5.23. The summed E-state index contributed by atoms with van der Waals surface area (Å²) in [7, 11) is 0. The number of allylic oxidation sites excluding steroid dienone is 3. The molecular formula is C20H28BrNO2S. The molecule has 0 amide bonds. The molecule has 1 fully saturated rings. The fourth-order valence-electron chi connectivity index (χ4n) is 3.14. The number of carbonyl (C=O) groups is 1. The molecule has 2 rings (SSSR count). The van der Waals surface area contributed by atoms with E-state index in [-0.39, 0.29) is 12.3 Å². The summed E-state index contributed by atoms with van der Waals surface area (Å²) in [6.07, 6.45) is 7.70. The van der Waals surface area contributed by atoms with Gasteiger partial charge in [-0.25, -0.2) is 0 Å². The number of thiophene rings is 1. The smallest absolute Gasteiger partial charge is 0.303 e. The third-order valence-corrected chi connectivity index (χ3v) is 5.96. The fraction of sp³-hybridized carbons (Fsp3) is 0.450. The molecule has 1 aliphatic rings. The molecule has 0 aliphatic carbocycles. The first-order valence-corrected chi connectivity index (χ1v) is 10.2. The number of likely N-dealkylation sites (tertiary alicyclic amines) is 1. The molecule has 25 heavy (non-hydrogen) atoms. The molecule has 1 aromatic rings. The van der Waals surface area contributed by atoms with E-state index in [0.29, 0.717) is 5.92 Å². The molecule has 0 radical (unpaired) electrons. The Balaban J connectivity index is 0.00000151. The minimum Gasteiger partial charge on any atom is -0.481 e. The third-order valence-electron chi connectivity index (χ3n) is 4.13. The number of hydrogen-bond donors (Lipinski definition) is 1. The number of aliphatic carboxylic acids is 1. The van der Waals surface area contributed by atoms with Crippen molar-refractivity contribution in [3.05, 3.63) is 57.8 Å². The molecule has 1 N–H and O–H groups in total. The van der Waals surface area contributed by atoms with Gasteiger partial charge in [0.2, 0.25) is 0 Å². The van der Waals surface area contributed by atoms with Crippen LogP contribution < -0.4 is 0 Å². The SMILES string of the molecule is C=C.CC/C=C\C=C(/C)CN1CC(CC(=O)O)C(c2cc(Br)cs2)C1. The molecule has 3 nitrogen and oxygen atoms in total. The minimum atomic E-state index is -0.699. The maximum Gasteiger partial charge on any atom is 0.303 e. The standard InChI is InChI=1S/C18H24BrNO2S.C2H4/c1-3-4-5-6-13(2)9-20-10-14(7-18(21)22)16(11-20)17-8-15(19)12-23-17;1-2/h4-6,8,12,14,16H,3,7,9-11H2,1-2H3,(H,21,22);1-2H2/b5-4-,13-6+;. The van der Waals surface area contributed by atoms with Gasteiger partial charge in [0.1, 0.15) is 0 Å². The number of nitrogens with zero attached hydrogens (tertiary/aromatic N) is 1. The number of rotatable bonds is 7. The second-order valence-electron chi connectivity index (χ2n) is 6.18. The van der Waals surface area contributed by atoms with Crippen molar-refractivity contribution in [2.24, 2.45) is 5.92 Å². The molecule has 2 atom stereocenters. The molecule has 1 saturated heterocycles. The van der Waals surface area contributed by atoms with Crippen LogP contribution in [0.1, 0.15) is 37.5 Å². The fourth-order valence-corrected chi connectivity index (χ4v) is 4.77. The zero-order chi connectivity index (χ0) is 18.8. The van der Waals surface area contributed by atoms with Crippen molar-refractivity contribution in [2.45, 2.75) is 32.6 Å². The van der Waals surface area contributed by atoms with Gasteiger partial charge in [-0.3, -0.25) is 9.69 Å². The van der Waals surface area contributed by atoms with Crippen molar-refractivity contribution in [2.75, 3.05) is 19.6 Å². The van der Waals surface area contributed by atoms with Crippen LogP contribution in [0.4, 0.5) is 0 Å². The molecule has 1 aliphatic heterocycles. The summed E-state index contributed by atoms with van der Waals surface area (Å²) in [4.78, 5) is 14.9. The summed E-state index contributed by atoms with van der Waals surface area (Å²) in [6, 6.07) is 2.14. The van der Waals surface area contributed by atoms with Gasteiger partial charge in [-0.05, 0) is 41.3 Å². The van der Waals surface area contributed by atoms with E-state index in [4.69, 9.17) is 0 Å². The quantitative estimate of drug-likeness (QED) is 0.448. The van der Waals surface area contributed by atoms with Crippen molar-refractivity contribution in [3.63, 3.8) is 0 Å². The van der Waals surface area contributed by atoms with Crippen LogP contribution in [0.2, 0.25) is 0 Å². The lowest BCUT2D eigenvalue weighted by atomic mass is 9.92. The number of hydrogen-bond acceptors (Lipinski definition) is 3. The van der Waals surface area contributed by atoms with Gasteiger partial charge in [0.15, 0.2) is 0 Å². The van der Waals surface area contributed by atoms with Gasteiger partial charge in [0, 0.05) is 40.3 Å². The summed E-state index contributed by atoms with van der Waals surface area (Å²) < 4.78 is 1.09. The monoisotopic (exact) mass is 425 g/mol. The highest BCUT2D eigenvalue weighted by Crippen LogP contribution is 2.38. The highest BCUT2D eigenvalue weighted by Gasteiger charge is 2.35. The molecule has 5 heteroatoms. The summed E-state index contributed by atoms with van der Waals surface area (Å²) in [5.74, 6) is -0.186. The van der Waals surface area contributed by atoms with Gasteiger partial charge < -0.3 is 5.11 Å². The van der Waals surface area contributed by atoms with E-state index in [1.165, 1.54) is 10.5 Å². The van der Waals surface area contributed by atoms with Crippen molar-refractivity contribution >= 4 is 33.2 Å². The van der Waals surface area contributed by atoms with Crippen LogP contribution in [0.3, 0.4) is 0 Å². The molecule has 138 valence electrons. The van der Waals surface area contributed by atoms with E-state index in [1.807, 2.05) is 0 Å². The molecule has 1 aromatic heterocycles. The van der Waals surface area contributed by atoms with Gasteiger partial charge in [-0.1, -0.05) is 30.7 Å². The van der Waals surface area contributed by atoms with Gasteiger partial charge >= 0.3 is 5.97 Å². The maximum absolute atomic E-state index is 11.2. The van der Waals surface area contributed by atoms with Gasteiger partial charge in [0.05, 0.1) is 6.42 Å². The zero-order valence-corrected chi connectivity index (χ0v) is 17.5. The van der Waals surface area contributed by atoms with E-state index in [1.54, 1.807) is 11.3 Å². The first-order chi connectivity index (χ1) is 12.0. The van der Waals surface area contributed by atoms with E-state index < -0.39 is 5.97 Å². The van der Waals surface area contributed by atoms with E-state index in [2.05, 4.69) is 77.5 Å². The summed E-state index contributed by atoms with van der Waals surface area (Å²) in [5, 5.41) is 11.3. The first kappa shape index (κ1) is 21.9. The van der Waals surface area contributed by atoms with Gasteiger partial charge in [-0.2, -0.15) is 0 Å². The Hall–Kier alpha value is -1.17. The van der Waals surface area contributed by atoms with Crippen LogP contribution in [-0.4, -0.2) is 35.6 Å². The average molecular weight is 426 g/mol. The molecule has 0 aromatic carbocycles.